The zero-order valence-electron chi connectivity index (χ0n) is 10.9. The molecule has 0 aliphatic heterocycles. The van der Waals surface area contributed by atoms with Gasteiger partial charge in [-0.1, -0.05) is 6.07 Å². The lowest BCUT2D eigenvalue weighted by atomic mass is 10.2. The number of esters is 1. The van der Waals surface area contributed by atoms with Crippen LogP contribution in [0, 0.1) is 0 Å². The van der Waals surface area contributed by atoms with E-state index in [9.17, 15) is 4.79 Å². The van der Waals surface area contributed by atoms with Crippen LogP contribution < -0.4 is 5.32 Å². The lowest BCUT2D eigenvalue weighted by Crippen LogP contribution is -2.17. The number of anilines is 1. The normalized spacial score (nSPS) is 12.1. The summed E-state index contributed by atoms with van der Waals surface area (Å²) in [6.45, 7) is 4.11. The van der Waals surface area contributed by atoms with Gasteiger partial charge in [-0.25, -0.2) is 4.79 Å². The molecule has 102 valence electrons. The number of oxazole rings is 1. The highest BCUT2D eigenvalue weighted by molar-refractivity contribution is 7.09. The van der Waals surface area contributed by atoms with Gasteiger partial charge in [-0.05, 0) is 25.3 Å². The van der Waals surface area contributed by atoms with E-state index in [4.69, 9.17) is 9.15 Å². The minimum atomic E-state index is -0.467. The molecule has 0 bridgehead atoms. The molecular formula is C13H16N2O3S. The predicted molar refractivity (Wildman–Crippen MR) is 73.6 cm³/mol. The van der Waals surface area contributed by atoms with Crippen molar-refractivity contribution >= 4 is 23.3 Å². The van der Waals surface area contributed by atoms with Crippen molar-refractivity contribution in [2.24, 2.45) is 0 Å². The lowest BCUT2D eigenvalue weighted by molar-refractivity contribution is 0.0519. The van der Waals surface area contributed by atoms with Crippen LogP contribution in [0.2, 0.25) is 0 Å². The number of carbonyl (C=O) groups excluding carboxylic acids is 1. The summed E-state index contributed by atoms with van der Waals surface area (Å²) in [4.78, 5) is 16.8. The largest absolute Gasteiger partial charge is 0.461 e. The summed E-state index contributed by atoms with van der Waals surface area (Å²) in [5, 5.41) is 5.17. The minimum Gasteiger partial charge on any atom is -0.461 e. The van der Waals surface area contributed by atoms with Gasteiger partial charge in [0, 0.05) is 17.3 Å². The van der Waals surface area contributed by atoms with Gasteiger partial charge in [-0.15, -0.1) is 11.3 Å². The quantitative estimate of drug-likeness (QED) is 0.824. The number of hydrogen-bond acceptors (Lipinski definition) is 6. The Morgan fingerprint density at radius 1 is 1.63 bits per heavy atom. The number of rotatable bonds is 6. The van der Waals surface area contributed by atoms with Gasteiger partial charge in [-0.3, -0.25) is 0 Å². The second-order valence-electron chi connectivity index (χ2n) is 4.09. The molecule has 2 rings (SSSR count). The van der Waals surface area contributed by atoms with Crippen LogP contribution >= 0.6 is 11.3 Å². The van der Waals surface area contributed by atoms with Crippen LogP contribution in [0.4, 0.5) is 6.01 Å². The Labute approximate surface area is 115 Å². The molecule has 0 saturated heterocycles. The maximum Gasteiger partial charge on any atom is 0.360 e. The highest BCUT2D eigenvalue weighted by atomic mass is 32.1. The van der Waals surface area contributed by atoms with Crippen LogP contribution in [-0.2, 0) is 11.2 Å². The molecule has 0 aliphatic rings. The maximum absolute atomic E-state index is 11.4. The highest BCUT2D eigenvalue weighted by Crippen LogP contribution is 2.15. The predicted octanol–water partition coefficient (Wildman–Crippen LogP) is 2.96. The van der Waals surface area contributed by atoms with Crippen molar-refractivity contribution in [2.75, 3.05) is 11.9 Å². The van der Waals surface area contributed by atoms with Crippen molar-refractivity contribution in [3.05, 3.63) is 34.3 Å². The molecule has 1 N–H and O–H groups in total. The van der Waals surface area contributed by atoms with E-state index in [1.165, 1.54) is 11.1 Å². The van der Waals surface area contributed by atoms with E-state index in [2.05, 4.69) is 16.4 Å². The zero-order valence-corrected chi connectivity index (χ0v) is 11.7. The van der Waals surface area contributed by atoms with Crippen LogP contribution in [0.5, 0.6) is 0 Å². The topological polar surface area (TPSA) is 64.4 Å². The monoisotopic (exact) mass is 280 g/mol. The summed E-state index contributed by atoms with van der Waals surface area (Å²) >= 11 is 1.71. The second-order valence-corrected chi connectivity index (χ2v) is 5.12. The molecule has 2 heterocycles. The van der Waals surface area contributed by atoms with Crippen LogP contribution in [0.1, 0.15) is 29.2 Å². The van der Waals surface area contributed by atoms with Gasteiger partial charge in [0.2, 0.25) is 0 Å². The molecule has 0 aliphatic carbocycles. The molecule has 2 aromatic rings. The first-order valence-corrected chi connectivity index (χ1v) is 6.98. The first-order valence-electron chi connectivity index (χ1n) is 6.10. The zero-order chi connectivity index (χ0) is 13.7. The lowest BCUT2D eigenvalue weighted by Gasteiger charge is -2.10. The Balaban J connectivity index is 1.90. The molecule has 1 unspecified atom stereocenters. The van der Waals surface area contributed by atoms with E-state index >= 15 is 0 Å². The molecule has 5 nitrogen and oxygen atoms in total. The van der Waals surface area contributed by atoms with E-state index in [1.807, 2.05) is 18.4 Å². The van der Waals surface area contributed by atoms with Gasteiger partial charge < -0.3 is 14.5 Å². The van der Waals surface area contributed by atoms with Gasteiger partial charge in [0.15, 0.2) is 5.69 Å². The van der Waals surface area contributed by atoms with Gasteiger partial charge in [0.25, 0.3) is 6.01 Å². The number of nitrogens with zero attached hydrogens (tertiary/aromatic N) is 1. The van der Waals surface area contributed by atoms with Crippen molar-refractivity contribution in [3.8, 4) is 0 Å². The first kappa shape index (κ1) is 13.6. The van der Waals surface area contributed by atoms with Crippen LogP contribution in [0.15, 0.2) is 28.2 Å². The standard InChI is InChI=1S/C13H16N2O3S/c1-3-17-12(16)11-8-18-13(15-11)14-9(2)7-10-5-4-6-19-10/h4-6,8-9H,3,7H2,1-2H3,(H,14,15). The van der Waals surface area contributed by atoms with Gasteiger partial charge in [0.05, 0.1) is 6.61 Å². The fourth-order valence-corrected chi connectivity index (χ4v) is 2.47. The Morgan fingerprint density at radius 2 is 2.47 bits per heavy atom. The number of aromatic nitrogens is 1. The van der Waals surface area contributed by atoms with Crippen molar-refractivity contribution in [3.63, 3.8) is 0 Å². The summed E-state index contributed by atoms with van der Waals surface area (Å²) in [6.07, 6.45) is 2.19. The van der Waals surface area contributed by atoms with Crippen molar-refractivity contribution in [2.45, 2.75) is 26.3 Å². The third-order valence-corrected chi connectivity index (χ3v) is 3.34. The Kier molecular flexibility index (Phi) is 4.57. The average Bonchev–Trinajstić information content (AvgIpc) is 3.00. The van der Waals surface area contributed by atoms with E-state index in [0.717, 1.165) is 6.42 Å². The Hall–Kier alpha value is -1.82. The van der Waals surface area contributed by atoms with E-state index < -0.39 is 5.97 Å². The maximum atomic E-state index is 11.4. The molecule has 19 heavy (non-hydrogen) atoms. The number of thiophene rings is 1. The smallest absolute Gasteiger partial charge is 0.360 e. The third kappa shape index (κ3) is 3.82. The Bertz CT molecular complexity index is 522. The summed E-state index contributed by atoms with van der Waals surface area (Å²) in [6, 6.07) is 4.62. The van der Waals surface area contributed by atoms with E-state index in [1.54, 1.807) is 18.3 Å². The van der Waals surface area contributed by atoms with Crippen molar-refractivity contribution in [1.29, 1.82) is 0 Å². The van der Waals surface area contributed by atoms with Crippen LogP contribution in [0.3, 0.4) is 0 Å². The van der Waals surface area contributed by atoms with Crippen molar-refractivity contribution in [1.82, 2.24) is 4.98 Å². The van der Waals surface area contributed by atoms with E-state index in [-0.39, 0.29) is 11.7 Å². The summed E-state index contributed by atoms with van der Waals surface area (Å²) in [5.41, 5.74) is 0.188. The average molecular weight is 280 g/mol. The molecule has 0 saturated carbocycles. The molecule has 1 atom stereocenters. The molecule has 0 amide bonds. The summed E-state index contributed by atoms with van der Waals surface area (Å²) in [5.74, 6) is -0.467. The highest BCUT2D eigenvalue weighted by Gasteiger charge is 2.14. The summed E-state index contributed by atoms with van der Waals surface area (Å²) in [7, 11) is 0. The van der Waals surface area contributed by atoms with Gasteiger partial charge in [-0.2, -0.15) is 4.98 Å². The number of ether oxygens (including phenoxy) is 1. The third-order valence-electron chi connectivity index (χ3n) is 2.45. The molecule has 0 spiro atoms. The number of nitrogens with one attached hydrogen (secondary N) is 1. The van der Waals surface area contributed by atoms with Crippen LogP contribution in [0.25, 0.3) is 0 Å². The van der Waals surface area contributed by atoms with Crippen molar-refractivity contribution < 1.29 is 13.9 Å². The molecule has 6 heteroatoms. The van der Waals surface area contributed by atoms with E-state index in [0.29, 0.717) is 12.6 Å². The fourth-order valence-electron chi connectivity index (χ4n) is 1.63. The number of hydrogen-bond donors (Lipinski definition) is 1. The summed E-state index contributed by atoms with van der Waals surface area (Å²) < 4.78 is 10.0. The minimum absolute atomic E-state index is 0.173. The molecular weight excluding hydrogens is 264 g/mol. The fraction of sp³-hybridized carbons (Fsp3) is 0.385. The van der Waals surface area contributed by atoms with Gasteiger partial charge in [0.1, 0.15) is 6.26 Å². The number of carbonyl (C=O) groups is 1. The SMILES string of the molecule is CCOC(=O)c1coc(NC(C)Cc2cccs2)n1. The molecule has 0 radical (unpaired) electrons. The molecule has 0 fully saturated rings. The molecule has 2 aromatic heterocycles. The van der Waals surface area contributed by atoms with Crippen LogP contribution in [-0.4, -0.2) is 23.6 Å². The second kappa shape index (κ2) is 6.38. The molecule has 0 aromatic carbocycles. The Morgan fingerprint density at radius 3 is 3.16 bits per heavy atom. The first-order chi connectivity index (χ1) is 9.19. The van der Waals surface area contributed by atoms with Gasteiger partial charge >= 0.3 is 5.97 Å².